The van der Waals surface area contributed by atoms with Crippen LogP contribution >= 0.6 is 0 Å². The van der Waals surface area contributed by atoms with Gasteiger partial charge >= 0.3 is 11.9 Å². The molecule has 0 saturated carbocycles. The van der Waals surface area contributed by atoms with Crippen molar-refractivity contribution in [2.45, 2.75) is 40.5 Å². The quantitative estimate of drug-likeness (QED) is 0.640. The second-order valence-corrected chi connectivity index (χ2v) is 6.41. The molecule has 0 saturated heterocycles. The van der Waals surface area contributed by atoms with E-state index in [1.807, 2.05) is 46.7 Å². The highest BCUT2D eigenvalue weighted by atomic mass is 16.5. The summed E-state index contributed by atoms with van der Waals surface area (Å²) in [6.07, 6.45) is 1.03. The van der Waals surface area contributed by atoms with E-state index in [0.29, 0.717) is 26.0 Å². The van der Waals surface area contributed by atoms with Gasteiger partial charge in [-0.2, -0.15) is 0 Å². The van der Waals surface area contributed by atoms with E-state index in [4.69, 9.17) is 9.47 Å². The van der Waals surface area contributed by atoms with E-state index in [-0.39, 0.29) is 11.9 Å². The summed E-state index contributed by atoms with van der Waals surface area (Å²) in [6, 6.07) is 0. The number of ether oxygens (including phenoxy) is 2. The SMILES string of the molecule is CCC(C)(CC(C)(C)C(=O)OCCN(C)C)C(=O)OC. The summed E-state index contributed by atoms with van der Waals surface area (Å²) in [5.41, 5.74) is -1.38. The summed E-state index contributed by atoms with van der Waals surface area (Å²) >= 11 is 0. The number of nitrogens with zero attached hydrogens (tertiary/aromatic N) is 1. The number of likely N-dealkylation sites (N-methyl/N-ethyl adjacent to an activating group) is 1. The largest absolute Gasteiger partial charge is 0.469 e. The molecule has 5 nitrogen and oxygen atoms in total. The first-order valence-electron chi connectivity index (χ1n) is 6.99. The minimum Gasteiger partial charge on any atom is -0.469 e. The van der Waals surface area contributed by atoms with Crippen LogP contribution < -0.4 is 0 Å². The molecule has 0 rings (SSSR count). The molecule has 0 spiro atoms. The second kappa shape index (κ2) is 7.62. The highest BCUT2D eigenvalue weighted by Crippen LogP contribution is 2.38. The van der Waals surface area contributed by atoms with Gasteiger partial charge in [-0.25, -0.2) is 0 Å². The van der Waals surface area contributed by atoms with Crippen LogP contribution in [0.2, 0.25) is 0 Å². The van der Waals surface area contributed by atoms with Crippen LogP contribution in [0.1, 0.15) is 40.5 Å². The van der Waals surface area contributed by atoms with Crippen LogP contribution in [-0.4, -0.2) is 51.2 Å². The van der Waals surface area contributed by atoms with Crippen molar-refractivity contribution in [3.05, 3.63) is 0 Å². The van der Waals surface area contributed by atoms with Crippen molar-refractivity contribution >= 4 is 11.9 Å². The lowest BCUT2D eigenvalue weighted by Crippen LogP contribution is -2.38. The normalized spacial score (nSPS) is 14.8. The molecule has 0 aliphatic heterocycles. The van der Waals surface area contributed by atoms with Crippen LogP contribution in [0, 0.1) is 10.8 Å². The van der Waals surface area contributed by atoms with Crippen molar-refractivity contribution in [3.8, 4) is 0 Å². The lowest BCUT2D eigenvalue weighted by molar-refractivity contribution is -0.161. The molecule has 0 fully saturated rings. The van der Waals surface area contributed by atoms with E-state index >= 15 is 0 Å². The van der Waals surface area contributed by atoms with Crippen molar-refractivity contribution < 1.29 is 19.1 Å². The predicted octanol–water partition coefficient (Wildman–Crippen LogP) is 2.10. The van der Waals surface area contributed by atoms with Gasteiger partial charge in [0, 0.05) is 6.54 Å². The molecule has 0 heterocycles. The maximum Gasteiger partial charge on any atom is 0.311 e. The molecule has 0 aromatic heterocycles. The van der Waals surface area contributed by atoms with Crippen LogP contribution in [0.3, 0.4) is 0 Å². The molecule has 20 heavy (non-hydrogen) atoms. The van der Waals surface area contributed by atoms with Gasteiger partial charge in [0.2, 0.25) is 0 Å². The van der Waals surface area contributed by atoms with Crippen LogP contribution in [0.25, 0.3) is 0 Å². The average Bonchev–Trinajstić information content (AvgIpc) is 2.36. The molecule has 0 radical (unpaired) electrons. The number of rotatable bonds is 8. The van der Waals surface area contributed by atoms with Crippen LogP contribution in [0.4, 0.5) is 0 Å². The van der Waals surface area contributed by atoms with Gasteiger partial charge in [-0.05, 0) is 47.7 Å². The fourth-order valence-electron chi connectivity index (χ4n) is 2.15. The van der Waals surface area contributed by atoms with Gasteiger partial charge in [-0.1, -0.05) is 6.92 Å². The molecule has 0 amide bonds. The first kappa shape index (κ1) is 18.9. The third-order valence-corrected chi connectivity index (χ3v) is 3.61. The Labute approximate surface area is 122 Å². The van der Waals surface area contributed by atoms with E-state index < -0.39 is 10.8 Å². The van der Waals surface area contributed by atoms with E-state index in [2.05, 4.69) is 0 Å². The summed E-state index contributed by atoms with van der Waals surface area (Å²) < 4.78 is 10.1. The van der Waals surface area contributed by atoms with Crippen LogP contribution in [-0.2, 0) is 19.1 Å². The average molecular weight is 287 g/mol. The number of carbonyl (C=O) groups is 2. The lowest BCUT2D eigenvalue weighted by atomic mass is 9.72. The smallest absolute Gasteiger partial charge is 0.311 e. The Balaban J connectivity index is 4.69. The van der Waals surface area contributed by atoms with Crippen LogP contribution in [0.15, 0.2) is 0 Å². The summed E-state index contributed by atoms with van der Waals surface area (Å²) in [7, 11) is 5.22. The molecule has 0 bridgehead atoms. The maximum atomic E-state index is 12.2. The Kier molecular flexibility index (Phi) is 7.20. The molecule has 118 valence electrons. The number of esters is 2. The van der Waals surface area contributed by atoms with Crippen LogP contribution in [0.5, 0.6) is 0 Å². The summed E-state index contributed by atoms with van der Waals surface area (Å²) in [5, 5.41) is 0. The van der Waals surface area contributed by atoms with Crippen molar-refractivity contribution in [1.82, 2.24) is 4.90 Å². The highest BCUT2D eigenvalue weighted by Gasteiger charge is 2.42. The van der Waals surface area contributed by atoms with E-state index in [1.165, 1.54) is 7.11 Å². The molecule has 5 heteroatoms. The van der Waals surface area contributed by atoms with Crippen molar-refractivity contribution in [1.29, 1.82) is 0 Å². The molecule has 1 unspecified atom stereocenters. The van der Waals surface area contributed by atoms with Gasteiger partial charge in [-0.3, -0.25) is 9.59 Å². The zero-order chi connectivity index (χ0) is 16.0. The van der Waals surface area contributed by atoms with Gasteiger partial charge < -0.3 is 14.4 Å². The third kappa shape index (κ3) is 5.49. The van der Waals surface area contributed by atoms with Gasteiger partial charge in [0.1, 0.15) is 6.61 Å². The van der Waals surface area contributed by atoms with Crippen molar-refractivity contribution in [3.63, 3.8) is 0 Å². The van der Waals surface area contributed by atoms with Gasteiger partial charge in [-0.15, -0.1) is 0 Å². The molecule has 0 aliphatic carbocycles. The summed E-state index contributed by atoms with van der Waals surface area (Å²) in [5.74, 6) is -0.558. The summed E-state index contributed by atoms with van der Waals surface area (Å²) in [6.45, 7) is 8.40. The number of methoxy groups -OCH3 is 1. The Hall–Kier alpha value is -1.10. The second-order valence-electron chi connectivity index (χ2n) is 6.41. The Bertz CT molecular complexity index is 339. The maximum absolute atomic E-state index is 12.2. The zero-order valence-electron chi connectivity index (χ0n) is 13.9. The fraction of sp³-hybridized carbons (Fsp3) is 0.867. The number of hydrogen-bond donors (Lipinski definition) is 0. The first-order valence-corrected chi connectivity index (χ1v) is 6.99. The minimum atomic E-state index is -0.717. The third-order valence-electron chi connectivity index (χ3n) is 3.61. The van der Waals surface area contributed by atoms with E-state index in [0.717, 1.165) is 0 Å². The monoisotopic (exact) mass is 287 g/mol. The van der Waals surface area contributed by atoms with Gasteiger partial charge in [0.15, 0.2) is 0 Å². The van der Waals surface area contributed by atoms with Crippen molar-refractivity contribution in [2.24, 2.45) is 10.8 Å². The summed E-state index contributed by atoms with van der Waals surface area (Å²) in [4.78, 5) is 26.0. The Morgan fingerprint density at radius 1 is 1.10 bits per heavy atom. The van der Waals surface area contributed by atoms with Gasteiger partial charge in [0.25, 0.3) is 0 Å². The van der Waals surface area contributed by atoms with E-state index in [9.17, 15) is 9.59 Å². The predicted molar refractivity (Wildman–Crippen MR) is 78.3 cm³/mol. The molecule has 0 aromatic rings. The van der Waals surface area contributed by atoms with Crippen molar-refractivity contribution in [2.75, 3.05) is 34.4 Å². The molecular formula is C15H29NO4. The Morgan fingerprint density at radius 3 is 2.05 bits per heavy atom. The molecule has 1 atom stereocenters. The first-order chi connectivity index (χ1) is 9.09. The molecular weight excluding hydrogens is 258 g/mol. The fourth-order valence-corrected chi connectivity index (χ4v) is 2.15. The zero-order valence-corrected chi connectivity index (χ0v) is 13.9. The Morgan fingerprint density at radius 2 is 1.65 bits per heavy atom. The molecule has 0 aliphatic rings. The van der Waals surface area contributed by atoms with E-state index in [1.54, 1.807) is 0 Å². The minimum absolute atomic E-state index is 0.275. The number of hydrogen-bond acceptors (Lipinski definition) is 5. The standard InChI is InChI=1S/C15H29NO4/c1-8-15(4,13(18)19-7)11-14(2,3)12(17)20-10-9-16(5)6/h8-11H2,1-7H3. The molecule has 0 N–H and O–H groups in total. The molecule has 0 aromatic carbocycles. The highest BCUT2D eigenvalue weighted by molar-refractivity contribution is 5.80. The van der Waals surface area contributed by atoms with Gasteiger partial charge in [0.05, 0.1) is 17.9 Å². The topological polar surface area (TPSA) is 55.8 Å². The lowest BCUT2D eigenvalue weighted by Gasteiger charge is -2.33. The number of carbonyl (C=O) groups excluding carboxylic acids is 2.